The Balaban J connectivity index is 1.75. The van der Waals surface area contributed by atoms with Gasteiger partial charge in [-0.2, -0.15) is 0 Å². The normalized spacial score (nSPS) is 11.3. The van der Waals surface area contributed by atoms with Crippen molar-refractivity contribution in [3.8, 4) is 0 Å². The van der Waals surface area contributed by atoms with Crippen molar-refractivity contribution >= 4 is 32.2 Å². The molecule has 1 N–H and O–H groups in total. The van der Waals surface area contributed by atoms with Gasteiger partial charge in [0.25, 0.3) is 5.91 Å². The van der Waals surface area contributed by atoms with E-state index in [0.717, 1.165) is 16.7 Å². The predicted molar refractivity (Wildman–Crippen MR) is 98.8 cm³/mol. The van der Waals surface area contributed by atoms with Gasteiger partial charge in [0.15, 0.2) is 15.0 Å². The summed E-state index contributed by atoms with van der Waals surface area (Å²) in [6, 6.07) is 12.2. The molecule has 0 radical (unpaired) electrons. The Morgan fingerprint density at radius 1 is 1.15 bits per heavy atom. The summed E-state index contributed by atoms with van der Waals surface area (Å²) in [5.74, 6) is -0.829. The number of benzene rings is 2. The molecule has 0 aliphatic heterocycles. The number of nitrogens with one attached hydrogen (secondary N) is 1. The van der Waals surface area contributed by atoms with Gasteiger partial charge in [0, 0.05) is 23.8 Å². The number of thiazole rings is 1. The van der Waals surface area contributed by atoms with Gasteiger partial charge < -0.3 is 0 Å². The van der Waals surface area contributed by atoms with Crippen molar-refractivity contribution in [2.24, 2.45) is 0 Å². The fourth-order valence-corrected chi connectivity index (χ4v) is 4.12. The molecule has 0 saturated heterocycles. The summed E-state index contributed by atoms with van der Waals surface area (Å²) in [4.78, 5) is 17.5. The zero-order chi connectivity index (χ0) is 18.7. The highest BCUT2D eigenvalue weighted by Crippen LogP contribution is 2.23. The minimum atomic E-state index is -3.52. The van der Waals surface area contributed by atoms with Gasteiger partial charge in [-0.15, -0.1) is 11.3 Å². The second-order valence-corrected chi connectivity index (χ2v) is 8.76. The molecule has 3 aromatic rings. The number of carbonyl (C=O) groups is 1. The molecule has 1 heterocycles. The summed E-state index contributed by atoms with van der Waals surface area (Å²) in [7, 11) is -3.52. The van der Waals surface area contributed by atoms with Gasteiger partial charge in [0.05, 0.1) is 10.5 Å². The molecule has 0 atom stereocenters. The molecular formula is C18H15FN2O3S2. The molecule has 0 spiro atoms. The Morgan fingerprint density at radius 3 is 2.54 bits per heavy atom. The highest BCUT2D eigenvalue weighted by atomic mass is 32.2. The quantitative estimate of drug-likeness (QED) is 0.723. The molecule has 0 unspecified atom stereocenters. The van der Waals surface area contributed by atoms with E-state index in [9.17, 15) is 17.6 Å². The minimum absolute atomic E-state index is 0.0272. The molecule has 5 nitrogen and oxygen atoms in total. The smallest absolute Gasteiger partial charge is 0.258 e. The number of halogens is 1. The first-order valence-corrected chi connectivity index (χ1v) is 10.3. The van der Waals surface area contributed by atoms with E-state index >= 15 is 0 Å². The first-order valence-electron chi connectivity index (χ1n) is 7.62. The molecule has 1 amide bonds. The molecule has 26 heavy (non-hydrogen) atoms. The third-order valence-electron chi connectivity index (χ3n) is 3.60. The third kappa shape index (κ3) is 4.33. The standard InChI is InChI=1S/C18H15FN2O3S2/c1-26(23,24)16-5-3-2-4-15(16)17(22)21-18-20-11-14(25-18)10-12-6-8-13(19)9-7-12/h2-9,11H,10H2,1H3,(H,20,21,22). The Morgan fingerprint density at radius 2 is 1.85 bits per heavy atom. The molecule has 0 saturated carbocycles. The van der Waals surface area contributed by atoms with E-state index in [1.54, 1.807) is 30.5 Å². The zero-order valence-electron chi connectivity index (χ0n) is 13.8. The summed E-state index contributed by atoms with van der Waals surface area (Å²) in [5, 5.41) is 3.00. The Bertz CT molecular complexity index is 1040. The highest BCUT2D eigenvalue weighted by molar-refractivity contribution is 7.90. The van der Waals surface area contributed by atoms with Crippen LogP contribution in [0, 0.1) is 5.82 Å². The van der Waals surface area contributed by atoms with Crippen LogP contribution in [-0.4, -0.2) is 25.6 Å². The molecule has 0 aliphatic rings. The summed E-state index contributed by atoms with van der Waals surface area (Å²) < 4.78 is 36.6. The zero-order valence-corrected chi connectivity index (χ0v) is 15.4. The van der Waals surface area contributed by atoms with Crippen LogP contribution in [0.5, 0.6) is 0 Å². The number of hydrogen-bond acceptors (Lipinski definition) is 5. The fraction of sp³-hybridized carbons (Fsp3) is 0.111. The lowest BCUT2D eigenvalue weighted by Gasteiger charge is -2.06. The highest BCUT2D eigenvalue weighted by Gasteiger charge is 2.19. The lowest BCUT2D eigenvalue weighted by atomic mass is 10.1. The largest absolute Gasteiger partial charge is 0.298 e. The van der Waals surface area contributed by atoms with Crippen LogP contribution >= 0.6 is 11.3 Å². The van der Waals surface area contributed by atoms with E-state index < -0.39 is 15.7 Å². The van der Waals surface area contributed by atoms with Crippen LogP contribution in [0.3, 0.4) is 0 Å². The molecule has 0 fully saturated rings. The number of sulfone groups is 1. The van der Waals surface area contributed by atoms with Crippen molar-refractivity contribution < 1.29 is 17.6 Å². The number of rotatable bonds is 5. The second kappa shape index (κ2) is 7.35. The predicted octanol–water partition coefficient (Wildman–Crippen LogP) is 3.53. The van der Waals surface area contributed by atoms with Crippen molar-refractivity contribution in [1.82, 2.24) is 4.98 Å². The van der Waals surface area contributed by atoms with Crippen molar-refractivity contribution in [2.45, 2.75) is 11.3 Å². The minimum Gasteiger partial charge on any atom is -0.298 e. The van der Waals surface area contributed by atoms with E-state index in [2.05, 4.69) is 10.3 Å². The second-order valence-electron chi connectivity index (χ2n) is 5.66. The lowest BCUT2D eigenvalue weighted by molar-refractivity contribution is 0.102. The van der Waals surface area contributed by atoms with Crippen molar-refractivity contribution in [2.75, 3.05) is 11.6 Å². The van der Waals surface area contributed by atoms with Crippen LogP contribution in [0.15, 0.2) is 59.6 Å². The van der Waals surface area contributed by atoms with Crippen LogP contribution < -0.4 is 5.32 Å². The number of anilines is 1. The number of hydrogen-bond donors (Lipinski definition) is 1. The summed E-state index contributed by atoms with van der Waals surface area (Å²) in [6.45, 7) is 0. The molecule has 1 aromatic heterocycles. The van der Waals surface area contributed by atoms with Crippen molar-refractivity contribution in [1.29, 1.82) is 0 Å². The molecule has 8 heteroatoms. The first kappa shape index (κ1) is 18.2. The van der Waals surface area contributed by atoms with Crippen LogP contribution in [-0.2, 0) is 16.3 Å². The van der Waals surface area contributed by atoms with Crippen LogP contribution in [0.25, 0.3) is 0 Å². The Kier molecular flexibility index (Phi) is 5.15. The number of nitrogens with zero attached hydrogens (tertiary/aromatic N) is 1. The van der Waals surface area contributed by atoms with Gasteiger partial charge in [0.2, 0.25) is 0 Å². The molecular weight excluding hydrogens is 375 g/mol. The number of aromatic nitrogens is 1. The summed E-state index contributed by atoms with van der Waals surface area (Å²) in [5.41, 5.74) is 1.00. The maximum Gasteiger partial charge on any atom is 0.258 e. The van der Waals surface area contributed by atoms with Crippen LogP contribution in [0.1, 0.15) is 20.8 Å². The topological polar surface area (TPSA) is 76.1 Å². The number of carbonyl (C=O) groups excluding carboxylic acids is 1. The van der Waals surface area contributed by atoms with E-state index in [0.29, 0.717) is 11.6 Å². The SMILES string of the molecule is CS(=O)(=O)c1ccccc1C(=O)Nc1ncc(Cc2ccc(F)cc2)s1. The van der Waals surface area contributed by atoms with Gasteiger partial charge in [-0.1, -0.05) is 24.3 Å². The first-order chi connectivity index (χ1) is 12.3. The monoisotopic (exact) mass is 390 g/mol. The number of amides is 1. The molecule has 2 aromatic carbocycles. The van der Waals surface area contributed by atoms with Gasteiger partial charge in [-0.05, 0) is 29.8 Å². The van der Waals surface area contributed by atoms with Crippen molar-refractivity contribution in [3.05, 3.63) is 76.5 Å². The van der Waals surface area contributed by atoms with E-state index in [1.165, 1.54) is 35.6 Å². The molecule has 3 rings (SSSR count). The van der Waals surface area contributed by atoms with Gasteiger partial charge in [-0.25, -0.2) is 17.8 Å². The van der Waals surface area contributed by atoms with E-state index in [4.69, 9.17) is 0 Å². The average Bonchev–Trinajstić information content (AvgIpc) is 3.03. The van der Waals surface area contributed by atoms with E-state index in [1.807, 2.05) is 0 Å². The summed E-state index contributed by atoms with van der Waals surface area (Å²) >= 11 is 1.28. The molecule has 0 aliphatic carbocycles. The van der Waals surface area contributed by atoms with E-state index in [-0.39, 0.29) is 16.3 Å². The van der Waals surface area contributed by atoms with Crippen LogP contribution in [0.2, 0.25) is 0 Å². The molecule has 134 valence electrons. The van der Waals surface area contributed by atoms with Gasteiger partial charge in [0.1, 0.15) is 5.82 Å². The van der Waals surface area contributed by atoms with Gasteiger partial charge in [-0.3, -0.25) is 10.1 Å². The van der Waals surface area contributed by atoms with Crippen LogP contribution in [0.4, 0.5) is 9.52 Å². The molecule has 0 bridgehead atoms. The summed E-state index contributed by atoms with van der Waals surface area (Å²) in [6.07, 6.45) is 3.25. The fourth-order valence-electron chi connectivity index (χ4n) is 2.39. The maximum atomic E-state index is 13.0. The lowest BCUT2D eigenvalue weighted by Crippen LogP contribution is -2.15. The average molecular weight is 390 g/mol. The Labute approximate surface area is 154 Å². The van der Waals surface area contributed by atoms with Gasteiger partial charge >= 0.3 is 0 Å². The van der Waals surface area contributed by atoms with Crippen molar-refractivity contribution in [3.63, 3.8) is 0 Å². The Hall–Kier alpha value is -2.58. The third-order valence-corrected chi connectivity index (χ3v) is 5.66. The maximum absolute atomic E-state index is 13.0.